The lowest BCUT2D eigenvalue weighted by Crippen LogP contribution is -2.43. The number of hydrogen-bond acceptors (Lipinski definition) is 3. The number of anilines is 1. The van der Waals surface area contributed by atoms with E-state index in [1.165, 1.54) is 0 Å². The molecular formula is C14H20BrN3O. The van der Waals surface area contributed by atoms with E-state index in [2.05, 4.69) is 26.1 Å². The van der Waals surface area contributed by atoms with E-state index >= 15 is 0 Å². The monoisotopic (exact) mass is 325 g/mol. The Labute approximate surface area is 122 Å². The standard InChI is InChI=1S/C14H20BrN3O/c1-10-2-3-11(15)8-13(10)17-14(19)9-18-6-4-12(16)5-7-18/h2-3,8,12H,4-7,9,16H2,1H3,(H,17,19). The van der Waals surface area contributed by atoms with Crippen LogP contribution in [0.1, 0.15) is 18.4 Å². The fourth-order valence-electron chi connectivity index (χ4n) is 2.23. The predicted molar refractivity (Wildman–Crippen MR) is 81.2 cm³/mol. The van der Waals surface area contributed by atoms with Crippen molar-refractivity contribution in [1.29, 1.82) is 0 Å². The molecule has 1 saturated heterocycles. The molecule has 1 aromatic carbocycles. The van der Waals surface area contributed by atoms with Gasteiger partial charge in [0.1, 0.15) is 0 Å². The number of nitrogens with zero attached hydrogens (tertiary/aromatic N) is 1. The lowest BCUT2D eigenvalue weighted by atomic mass is 10.1. The van der Waals surface area contributed by atoms with Gasteiger partial charge in [0.25, 0.3) is 0 Å². The lowest BCUT2D eigenvalue weighted by molar-refractivity contribution is -0.117. The second kappa shape index (κ2) is 6.50. The molecule has 1 fully saturated rings. The first kappa shape index (κ1) is 14.5. The highest BCUT2D eigenvalue weighted by Crippen LogP contribution is 2.20. The van der Waals surface area contributed by atoms with E-state index in [9.17, 15) is 4.79 Å². The van der Waals surface area contributed by atoms with Crippen molar-refractivity contribution in [2.24, 2.45) is 5.73 Å². The Morgan fingerprint density at radius 2 is 2.16 bits per heavy atom. The highest BCUT2D eigenvalue weighted by molar-refractivity contribution is 9.10. The van der Waals surface area contributed by atoms with Gasteiger partial charge in [-0.1, -0.05) is 22.0 Å². The number of halogens is 1. The molecule has 1 aliphatic heterocycles. The predicted octanol–water partition coefficient (Wildman–Crippen LogP) is 2.12. The summed E-state index contributed by atoms with van der Waals surface area (Å²) in [5.74, 6) is 0.0386. The molecule has 4 nitrogen and oxygen atoms in total. The van der Waals surface area contributed by atoms with Gasteiger partial charge in [0.15, 0.2) is 0 Å². The van der Waals surface area contributed by atoms with Crippen LogP contribution >= 0.6 is 15.9 Å². The van der Waals surface area contributed by atoms with E-state index in [1.54, 1.807) is 0 Å². The number of hydrogen-bond donors (Lipinski definition) is 2. The van der Waals surface area contributed by atoms with Gasteiger partial charge in [-0.25, -0.2) is 0 Å². The average Bonchev–Trinajstić information content (AvgIpc) is 2.37. The second-order valence-corrected chi connectivity index (χ2v) is 6.04. The van der Waals surface area contributed by atoms with Crippen molar-refractivity contribution in [3.05, 3.63) is 28.2 Å². The van der Waals surface area contributed by atoms with Crippen molar-refractivity contribution in [3.63, 3.8) is 0 Å². The fraction of sp³-hybridized carbons (Fsp3) is 0.500. The minimum atomic E-state index is 0.0386. The summed E-state index contributed by atoms with van der Waals surface area (Å²) in [5, 5.41) is 2.97. The Morgan fingerprint density at radius 3 is 2.84 bits per heavy atom. The van der Waals surface area contributed by atoms with Crippen LogP contribution in [0.2, 0.25) is 0 Å². The minimum absolute atomic E-state index is 0.0386. The van der Waals surface area contributed by atoms with Crippen LogP contribution in [0.5, 0.6) is 0 Å². The van der Waals surface area contributed by atoms with Crippen LogP contribution in [0.4, 0.5) is 5.69 Å². The van der Waals surface area contributed by atoms with E-state index in [0.717, 1.165) is 41.7 Å². The maximum Gasteiger partial charge on any atom is 0.238 e. The third-order valence-electron chi connectivity index (χ3n) is 3.47. The Morgan fingerprint density at radius 1 is 1.47 bits per heavy atom. The third-order valence-corrected chi connectivity index (χ3v) is 3.97. The van der Waals surface area contributed by atoms with E-state index in [1.807, 2.05) is 25.1 Å². The Kier molecular flexibility index (Phi) is 4.96. The first-order chi connectivity index (χ1) is 9.04. The van der Waals surface area contributed by atoms with Gasteiger partial charge in [-0.15, -0.1) is 0 Å². The Balaban J connectivity index is 1.89. The molecule has 2 rings (SSSR count). The summed E-state index contributed by atoms with van der Waals surface area (Å²) in [6.45, 7) is 4.25. The molecule has 1 amide bonds. The first-order valence-corrected chi connectivity index (χ1v) is 7.38. The van der Waals surface area contributed by atoms with Crippen molar-refractivity contribution in [2.45, 2.75) is 25.8 Å². The summed E-state index contributed by atoms with van der Waals surface area (Å²) in [6, 6.07) is 6.18. The molecular weight excluding hydrogens is 306 g/mol. The maximum atomic E-state index is 12.0. The number of carbonyl (C=O) groups excluding carboxylic acids is 1. The molecule has 104 valence electrons. The molecule has 0 aromatic heterocycles. The van der Waals surface area contributed by atoms with Gasteiger partial charge in [0.05, 0.1) is 6.54 Å². The summed E-state index contributed by atoms with van der Waals surface area (Å²) in [4.78, 5) is 14.2. The van der Waals surface area contributed by atoms with Crippen LogP contribution in [0.25, 0.3) is 0 Å². The van der Waals surface area contributed by atoms with E-state index < -0.39 is 0 Å². The zero-order chi connectivity index (χ0) is 13.8. The number of rotatable bonds is 3. The minimum Gasteiger partial charge on any atom is -0.328 e. The van der Waals surface area contributed by atoms with E-state index in [4.69, 9.17) is 5.73 Å². The van der Waals surface area contributed by atoms with Gasteiger partial charge < -0.3 is 11.1 Å². The van der Waals surface area contributed by atoms with Crippen molar-refractivity contribution in [3.8, 4) is 0 Å². The highest BCUT2D eigenvalue weighted by atomic mass is 79.9. The fourth-order valence-corrected chi connectivity index (χ4v) is 2.59. The zero-order valence-corrected chi connectivity index (χ0v) is 12.7. The number of likely N-dealkylation sites (tertiary alicyclic amines) is 1. The molecule has 0 unspecified atom stereocenters. The normalized spacial score (nSPS) is 17.4. The molecule has 1 aromatic rings. The van der Waals surface area contributed by atoms with E-state index in [0.29, 0.717) is 12.6 Å². The first-order valence-electron chi connectivity index (χ1n) is 6.58. The number of amides is 1. The zero-order valence-electron chi connectivity index (χ0n) is 11.2. The molecule has 0 bridgehead atoms. The number of piperidine rings is 1. The van der Waals surface area contributed by atoms with Crippen molar-refractivity contribution in [1.82, 2.24) is 4.90 Å². The number of nitrogens with two attached hydrogens (primary N) is 1. The Hall–Kier alpha value is -0.910. The average molecular weight is 326 g/mol. The molecule has 5 heteroatoms. The Bertz CT molecular complexity index is 456. The number of benzene rings is 1. The van der Waals surface area contributed by atoms with Gasteiger partial charge in [-0.3, -0.25) is 9.69 Å². The summed E-state index contributed by atoms with van der Waals surface area (Å²) in [7, 11) is 0. The molecule has 0 atom stereocenters. The summed E-state index contributed by atoms with van der Waals surface area (Å²) < 4.78 is 0.970. The van der Waals surface area contributed by atoms with Crippen molar-refractivity contribution in [2.75, 3.05) is 25.0 Å². The van der Waals surface area contributed by atoms with Gasteiger partial charge in [0, 0.05) is 29.3 Å². The lowest BCUT2D eigenvalue weighted by Gasteiger charge is -2.29. The molecule has 0 saturated carbocycles. The van der Waals surface area contributed by atoms with Gasteiger partial charge >= 0.3 is 0 Å². The molecule has 0 spiro atoms. The highest BCUT2D eigenvalue weighted by Gasteiger charge is 2.18. The molecule has 19 heavy (non-hydrogen) atoms. The van der Waals surface area contributed by atoms with Crippen molar-refractivity contribution < 1.29 is 4.79 Å². The van der Waals surface area contributed by atoms with Crippen LogP contribution in [-0.4, -0.2) is 36.5 Å². The molecule has 0 aliphatic carbocycles. The van der Waals surface area contributed by atoms with Crippen LogP contribution in [-0.2, 0) is 4.79 Å². The molecule has 3 N–H and O–H groups in total. The topological polar surface area (TPSA) is 58.4 Å². The van der Waals surface area contributed by atoms with Crippen LogP contribution in [0, 0.1) is 6.92 Å². The summed E-state index contributed by atoms with van der Waals surface area (Å²) in [5.41, 5.74) is 7.79. The number of carbonyl (C=O) groups is 1. The summed E-state index contributed by atoms with van der Waals surface area (Å²) in [6.07, 6.45) is 1.95. The van der Waals surface area contributed by atoms with Gasteiger partial charge in [-0.2, -0.15) is 0 Å². The van der Waals surface area contributed by atoms with E-state index in [-0.39, 0.29) is 5.91 Å². The summed E-state index contributed by atoms with van der Waals surface area (Å²) >= 11 is 3.42. The SMILES string of the molecule is Cc1ccc(Br)cc1NC(=O)CN1CCC(N)CC1. The number of nitrogens with one attached hydrogen (secondary N) is 1. The van der Waals surface area contributed by atoms with Gasteiger partial charge in [-0.05, 0) is 37.5 Å². The molecule has 1 aliphatic rings. The molecule has 1 heterocycles. The van der Waals surface area contributed by atoms with Gasteiger partial charge in [0.2, 0.25) is 5.91 Å². The van der Waals surface area contributed by atoms with Crippen LogP contribution in [0.3, 0.4) is 0 Å². The largest absolute Gasteiger partial charge is 0.328 e. The van der Waals surface area contributed by atoms with Crippen LogP contribution in [0.15, 0.2) is 22.7 Å². The maximum absolute atomic E-state index is 12.0. The third kappa shape index (κ3) is 4.30. The second-order valence-electron chi connectivity index (χ2n) is 5.12. The smallest absolute Gasteiger partial charge is 0.238 e. The van der Waals surface area contributed by atoms with Crippen LogP contribution < -0.4 is 11.1 Å². The quantitative estimate of drug-likeness (QED) is 0.894. The molecule has 0 radical (unpaired) electrons. The van der Waals surface area contributed by atoms with Crippen molar-refractivity contribution >= 4 is 27.5 Å². The number of aryl methyl sites for hydroxylation is 1.